The second-order valence-corrected chi connectivity index (χ2v) is 4.02. The SMILES string of the molecule is C=CCn1ccc2c3ccccc3[nH]c(=O)c21. The summed E-state index contributed by atoms with van der Waals surface area (Å²) in [5.41, 5.74) is 1.54. The number of H-pyrrole nitrogens is 1. The first kappa shape index (κ1) is 9.90. The molecule has 1 aromatic carbocycles. The maximum Gasteiger partial charge on any atom is 0.272 e. The molecular formula is C14H12N2O. The summed E-state index contributed by atoms with van der Waals surface area (Å²) in [4.78, 5) is 14.9. The minimum atomic E-state index is -0.0504. The van der Waals surface area contributed by atoms with E-state index < -0.39 is 0 Å². The molecule has 2 aromatic heterocycles. The van der Waals surface area contributed by atoms with Crippen molar-refractivity contribution in [2.75, 3.05) is 0 Å². The summed E-state index contributed by atoms with van der Waals surface area (Å²) >= 11 is 0. The van der Waals surface area contributed by atoms with Gasteiger partial charge in [-0.3, -0.25) is 4.79 Å². The van der Waals surface area contributed by atoms with E-state index in [0.29, 0.717) is 12.1 Å². The molecule has 0 radical (unpaired) electrons. The smallest absolute Gasteiger partial charge is 0.272 e. The molecule has 0 aliphatic rings. The molecule has 0 aliphatic heterocycles. The van der Waals surface area contributed by atoms with Crippen LogP contribution >= 0.6 is 0 Å². The van der Waals surface area contributed by atoms with Crippen molar-refractivity contribution in [2.24, 2.45) is 0 Å². The standard InChI is InChI=1S/C14H12N2O/c1-2-8-16-9-7-11-10-5-3-4-6-12(10)15-14(17)13(11)16/h2-7,9H,1,8H2,(H,15,17). The lowest BCUT2D eigenvalue weighted by Crippen LogP contribution is -2.10. The zero-order chi connectivity index (χ0) is 11.8. The molecule has 0 unspecified atom stereocenters. The van der Waals surface area contributed by atoms with Gasteiger partial charge >= 0.3 is 0 Å². The Kier molecular flexibility index (Phi) is 2.11. The molecule has 1 N–H and O–H groups in total. The van der Waals surface area contributed by atoms with Crippen LogP contribution in [0.1, 0.15) is 0 Å². The van der Waals surface area contributed by atoms with Crippen LogP contribution in [0.5, 0.6) is 0 Å². The summed E-state index contributed by atoms with van der Waals surface area (Å²) in [5.74, 6) is 0. The van der Waals surface area contributed by atoms with Crippen LogP contribution in [0, 0.1) is 0 Å². The van der Waals surface area contributed by atoms with Crippen molar-refractivity contribution in [3.63, 3.8) is 0 Å². The second kappa shape index (κ2) is 3.63. The van der Waals surface area contributed by atoms with Gasteiger partial charge in [0.15, 0.2) is 0 Å². The molecule has 2 heterocycles. The largest absolute Gasteiger partial charge is 0.339 e. The average molecular weight is 224 g/mol. The van der Waals surface area contributed by atoms with Crippen molar-refractivity contribution in [2.45, 2.75) is 6.54 Å². The Morgan fingerprint density at radius 3 is 2.88 bits per heavy atom. The number of fused-ring (bicyclic) bond motifs is 3. The number of aromatic amines is 1. The fourth-order valence-electron chi connectivity index (χ4n) is 2.24. The molecule has 0 spiro atoms. The van der Waals surface area contributed by atoms with Crippen LogP contribution in [-0.4, -0.2) is 9.55 Å². The lowest BCUT2D eigenvalue weighted by molar-refractivity contribution is 0.860. The van der Waals surface area contributed by atoms with E-state index in [1.807, 2.05) is 41.1 Å². The number of nitrogens with zero attached hydrogens (tertiary/aromatic N) is 1. The number of hydrogen-bond acceptors (Lipinski definition) is 1. The average Bonchev–Trinajstić information content (AvgIpc) is 2.75. The van der Waals surface area contributed by atoms with Crippen molar-refractivity contribution in [1.29, 1.82) is 0 Å². The summed E-state index contributed by atoms with van der Waals surface area (Å²) in [5, 5.41) is 2.07. The Bertz CT molecular complexity index is 765. The quantitative estimate of drug-likeness (QED) is 0.668. The van der Waals surface area contributed by atoms with Crippen molar-refractivity contribution in [3.8, 4) is 0 Å². The van der Waals surface area contributed by atoms with Gasteiger partial charge < -0.3 is 9.55 Å². The predicted molar refractivity (Wildman–Crippen MR) is 70.3 cm³/mol. The van der Waals surface area contributed by atoms with Crippen LogP contribution in [0.25, 0.3) is 21.8 Å². The molecule has 84 valence electrons. The number of rotatable bonds is 2. The highest BCUT2D eigenvalue weighted by molar-refractivity contribution is 6.04. The van der Waals surface area contributed by atoms with E-state index in [2.05, 4.69) is 11.6 Å². The maximum absolute atomic E-state index is 12.0. The number of para-hydroxylation sites is 1. The van der Waals surface area contributed by atoms with Gasteiger partial charge in [0.25, 0.3) is 5.56 Å². The predicted octanol–water partition coefficient (Wildman–Crippen LogP) is 2.67. The number of pyridine rings is 1. The van der Waals surface area contributed by atoms with Gasteiger partial charge in [-0.2, -0.15) is 0 Å². The number of nitrogens with one attached hydrogen (secondary N) is 1. The summed E-state index contributed by atoms with van der Waals surface area (Å²) in [7, 11) is 0. The molecule has 17 heavy (non-hydrogen) atoms. The fraction of sp³-hybridized carbons (Fsp3) is 0.0714. The first-order chi connectivity index (χ1) is 8.31. The van der Waals surface area contributed by atoms with E-state index in [1.54, 1.807) is 6.08 Å². The van der Waals surface area contributed by atoms with Crippen LogP contribution in [0.2, 0.25) is 0 Å². The van der Waals surface area contributed by atoms with E-state index in [-0.39, 0.29) is 5.56 Å². The van der Waals surface area contributed by atoms with Crippen LogP contribution in [0.15, 0.2) is 54.0 Å². The maximum atomic E-state index is 12.0. The molecule has 3 heteroatoms. The van der Waals surface area contributed by atoms with Crippen LogP contribution in [0.4, 0.5) is 0 Å². The monoisotopic (exact) mass is 224 g/mol. The van der Waals surface area contributed by atoms with Crippen molar-refractivity contribution in [1.82, 2.24) is 9.55 Å². The molecule has 0 bridgehead atoms. The molecule has 3 rings (SSSR count). The minimum Gasteiger partial charge on any atom is -0.339 e. The fourth-order valence-corrected chi connectivity index (χ4v) is 2.24. The van der Waals surface area contributed by atoms with E-state index in [1.165, 1.54) is 0 Å². The van der Waals surface area contributed by atoms with E-state index in [4.69, 9.17) is 0 Å². The zero-order valence-corrected chi connectivity index (χ0v) is 9.31. The number of benzene rings is 1. The normalized spacial score (nSPS) is 11.1. The topological polar surface area (TPSA) is 37.8 Å². The Morgan fingerprint density at radius 1 is 1.24 bits per heavy atom. The third-order valence-electron chi connectivity index (χ3n) is 2.97. The highest BCUT2D eigenvalue weighted by atomic mass is 16.1. The molecule has 3 aromatic rings. The lowest BCUT2D eigenvalue weighted by Gasteiger charge is -2.02. The molecule has 0 saturated carbocycles. The molecule has 0 fully saturated rings. The minimum absolute atomic E-state index is 0.0504. The molecule has 0 amide bonds. The molecule has 0 aliphatic carbocycles. The van der Waals surface area contributed by atoms with Gasteiger partial charge in [0.2, 0.25) is 0 Å². The van der Waals surface area contributed by atoms with Crippen LogP contribution in [-0.2, 0) is 6.54 Å². The van der Waals surface area contributed by atoms with E-state index in [9.17, 15) is 4.79 Å². The van der Waals surface area contributed by atoms with Gasteiger partial charge in [0.1, 0.15) is 5.52 Å². The molecule has 3 nitrogen and oxygen atoms in total. The van der Waals surface area contributed by atoms with Gasteiger partial charge in [-0.25, -0.2) is 0 Å². The van der Waals surface area contributed by atoms with Gasteiger partial charge in [-0.1, -0.05) is 24.3 Å². The molecule has 0 saturated heterocycles. The Balaban J connectivity index is 2.51. The number of aromatic nitrogens is 2. The summed E-state index contributed by atoms with van der Waals surface area (Å²) in [6.07, 6.45) is 3.71. The molecule has 0 atom stereocenters. The Morgan fingerprint density at radius 2 is 2.06 bits per heavy atom. The highest BCUT2D eigenvalue weighted by Gasteiger charge is 2.08. The van der Waals surface area contributed by atoms with E-state index >= 15 is 0 Å². The zero-order valence-electron chi connectivity index (χ0n) is 9.31. The number of allylic oxidation sites excluding steroid dienone is 1. The van der Waals surface area contributed by atoms with Crippen molar-refractivity contribution in [3.05, 3.63) is 59.5 Å². The van der Waals surface area contributed by atoms with Gasteiger partial charge in [0, 0.05) is 29.0 Å². The first-order valence-electron chi connectivity index (χ1n) is 5.52. The third kappa shape index (κ3) is 1.40. The van der Waals surface area contributed by atoms with Crippen molar-refractivity contribution < 1.29 is 0 Å². The number of hydrogen-bond donors (Lipinski definition) is 1. The van der Waals surface area contributed by atoms with E-state index in [0.717, 1.165) is 16.3 Å². The Labute approximate surface area is 98.0 Å². The third-order valence-corrected chi connectivity index (χ3v) is 2.97. The second-order valence-electron chi connectivity index (χ2n) is 4.02. The van der Waals surface area contributed by atoms with Crippen LogP contribution < -0.4 is 5.56 Å². The highest BCUT2D eigenvalue weighted by Crippen LogP contribution is 2.21. The van der Waals surface area contributed by atoms with Gasteiger partial charge in [0.05, 0.1) is 0 Å². The van der Waals surface area contributed by atoms with Crippen LogP contribution in [0.3, 0.4) is 0 Å². The van der Waals surface area contributed by atoms with Gasteiger partial charge in [-0.05, 0) is 12.1 Å². The Hall–Kier alpha value is -2.29. The first-order valence-corrected chi connectivity index (χ1v) is 5.52. The lowest BCUT2D eigenvalue weighted by atomic mass is 10.1. The summed E-state index contributed by atoms with van der Waals surface area (Å²) in [6.45, 7) is 4.35. The summed E-state index contributed by atoms with van der Waals surface area (Å²) < 4.78 is 1.91. The van der Waals surface area contributed by atoms with Crippen molar-refractivity contribution >= 4 is 21.8 Å². The van der Waals surface area contributed by atoms with Gasteiger partial charge in [-0.15, -0.1) is 6.58 Å². The molecular weight excluding hydrogens is 212 g/mol. The summed E-state index contributed by atoms with van der Waals surface area (Å²) in [6, 6.07) is 9.82.